The third-order valence-corrected chi connectivity index (χ3v) is 3.39. The summed E-state index contributed by atoms with van der Waals surface area (Å²) >= 11 is 1.82. The minimum Gasteiger partial charge on any atom is -0.310 e. The Hall–Kier alpha value is -0.470. The molecule has 0 bridgehead atoms. The maximum Gasteiger partial charge on any atom is 0.0294 e. The lowest BCUT2D eigenvalue weighted by Crippen LogP contribution is -2.27. The Labute approximate surface area is 83.9 Å². The molecule has 1 N–H and O–H groups in total. The summed E-state index contributed by atoms with van der Waals surface area (Å²) in [5.74, 6) is 0. The first-order chi connectivity index (χ1) is 6.31. The molecule has 0 radical (unpaired) electrons. The predicted molar refractivity (Wildman–Crippen MR) is 58.3 cm³/mol. The van der Waals surface area contributed by atoms with Crippen LogP contribution in [0.3, 0.4) is 0 Å². The van der Waals surface area contributed by atoms with E-state index in [1.165, 1.54) is 22.4 Å². The van der Waals surface area contributed by atoms with Crippen LogP contribution in [0.2, 0.25) is 0 Å². The molecule has 1 aliphatic heterocycles. The first-order valence-electron chi connectivity index (χ1n) is 4.71. The fraction of sp³-hybridized carbons (Fsp3) is 0.455. The maximum absolute atomic E-state index is 3.47. The molecular formula is C11H15NS. The topological polar surface area (TPSA) is 12.0 Å². The van der Waals surface area contributed by atoms with Gasteiger partial charge >= 0.3 is 0 Å². The molecule has 1 heterocycles. The van der Waals surface area contributed by atoms with Gasteiger partial charge in [0.15, 0.2) is 0 Å². The van der Waals surface area contributed by atoms with Gasteiger partial charge in [-0.1, -0.05) is 6.07 Å². The molecule has 1 aliphatic rings. The van der Waals surface area contributed by atoms with Gasteiger partial charge in [-0.2, -0.15) is 0 Å². The molecule has 1 nitrogen and oxygen atoms in total. The fourth-order valence-corrected chi connectivity index (χ4v) is 2.35. The molecule has 70 valence electrons. The molecule has 0 saturated carbocycles. The van der Waals surface area contributed by atoms with Gasteiger partial charge in [0.1, 0.15) is 0 Å². The number of thioether (sulfide) groups is 1. The predicted octanol–water partition coefficient (Wildman–Crippen LogP) is 2.62. The third-order valence-electron chi connectivity index (χ3n) is 2.66. The summed E-state index contributed by atoms with van der Waals surface area (Å²) in [6.45, 7) is 3.35. The van der Waals surface area contributed by atoms with Crippen LogP contribution in [-0.2, 0) is 6.42 Å². The van der Waals surface area contributed by atoms with Crippen molar-refractivity contribution in [2.75, 3.05) is 12.8 Å². The van der Waals surface area contributed by atoms with Crippen LogP contribution in [0.15, 0.2) is 23.1 Å². The van der Waals surface area contributed by atoms with Gasteiger partial charge in [0.05, 0.1) is 0 Å². The summed E-state index contributed by atoms with van der Waals surface area (Å²) < 4.78 is 0. The molecule has 2 rings (SSSR count). The Morgan fingerprint density at radius 1 is 1.46 bits per heavy atom. The minimum absolute atomic E-state index is 0.527. The van der Waals surface area contributed by atoms with Crippen molar-refractivity contribution < 1.29 is 0 Å². The highest BCUT2D eigenvalue weighted by Crippen LogP contribution is 2.26. The van der Waals surface area contributed by atoms with Crippen molar-refractivity contribution >= 4 is 11.8 Å². The second-order valence-corrected chi connectivity index (χ2v) is 4.37. The van der Waals surface area contributed by atoms with E-state index >= 15 is 0 Å². The van der Waals surface area contributed by atoms with Gasteiger partial charge in [-0.15, -0.1) is 11.8 Å². The zero-order chi connectivity index (χ0) is 9.26. The number of nitrogens with one attached hydrogen (secondary N) is 1. The van der Waals surface area contributed by atoms with E-state index in [-0.39, 0.29) is 0 Å². The van der Waals surface area contributed by atoms with Gasteiger partial charge in [-0.3, -0.25) is 0 Å². The summed E-state index contributed by atoms with van der Waals surface area (Å²) in [5.41, 5.74) is 3.00. The highest BCUT2D eigenvalue weighted by Gasteiger charge is 2.14. The Morgan fingerprint density at radius 3 is 3.08 bits per heavy atom. The van der Waals surface area contributed by atoms with E-state index in [0.29, 0.717) is 6.04 Å². The van der Waals surface area contributed by atoms with Crippen LogP contribution in [0.5, 0.6) is 0 Å². The molecule has 0 amide bonds. The van der Waals surface area contributed by atoms with Gasteiger partial charge < -0.3 is 5.32 Å². The SMILES string of the molecule is CSc1ccc2c(c1)CCN[C@@H]2C. The molecule has 0 spiro atoms. The Kier molecular flexibility index (Phi) is 2.61. The van der Waals surface area contributed by atoms with Crippen molar-refractivity contribution in [2.45, 2.75) is 24.3 Å². The van der Waals surface area contributed by atoms with Crippen LogP contribution in [0.4, 0.5) is 0 Å². The minimum atomic E-state index is 0.527. The fourth-order valence-electron chi connectivity index (χ4n) is 1.88. The van der Waals surface area contributed by atoms with E-state index in [4.69, 9.17) is 0 Å². The number of hydrogen-bond acceptors (Lipinski definition) is 2. The average Bonchev–Trinajstić information content (AvgIpc) is 2.18. The van der Waals surface area contributed by atoms with Gasteiger partial charge in [0.2, 0.25) is 0 Å². The molecule has 0 fully saturated rings. The third kappa shape index (κ3) is 1.74. The molecule has 1 aromatic rings. The smallest absolute Gasteiger partial charge is 0.0294 e. The lowest BCUT2D eigenvalue weighted by atomic mass is 9.96. The van der Waals surface area contributed by atoms with Crippen molar-refractivity contribution in [1.82, 2.24) is 5.32 Å². The van der Waals surface area contributed by atoms with Crippen molar-refractivity contribution in [1.29, 1.82) is 0 Å². The van der Waals surface area contributed by atoms with Crippen molar-refractivity contribution in [3.8, 4) is 0 Å². The lowest BCUT2D eigenvalue weighted by molar-refractivity contribution is 0.540. The van der Waals surface area contributed by atoms with E-state index in [1.807, 2.05) is 11.8 Å². The summed E-state index contributed by atoms with van der Waals surface area (Å²) in [4.78, 5) is 1.38. The largest absolute Gasteiger partial charge is 0.310 e. The van der Waals surface area contributed by atoms with Crippen LogP contribution in [0.25, 0.3) is 0 Å². The molecule has 13 heavy (non-hydrogen) atoms. The average molecular weight is 193 g/mol. The first kappa shape index (κ1) is 9.10. The van der Waals surface area contributed by atoms with Crippen molar-refractivity contribution in [2.24, 2.45) is 0 Å². The molecule has 0 unspecified atom stereocenters. The zero-order valence-corrected chi connectivity index (χ0v) is 8.95. The molecule has 0 aliphatic carbocycles. The van der Waals surface area contributed by atoms with E-state index in [2.05, 4.69) is 36.7 Å². The second-order valence-electron chi connectivity index (χ2n) is 3.49. The quantitative estimate of drug-likeness (QED) is 0.688. The lowest BCUT2D eigenvalue weighted by Gasteiger charge is -2.24. The van der Waals surface area contributed by atoms with Crippen LogP contribution < -0.4 is 5.32 Å². The number of fused-ring (bicyclic) bond motifs is 1. The van der Waals surface area contributed by atoms with Crippen molar-refractivity contribution in [3.63, 3.8) is 0 Å². The van der Waals surface area contributed by atoms with Gasteiger partial charge in [0.25, 0.3) is 0 Å². The summed E-state index contributed by atoms with van der Waals surface area (Å²) in [6.07, 6.45) is 3.31. The van der Waals surface area contributed by atoms with Crippen molar-refractivity contribution in [3.05, 3.63) is 29.3 Å². The van der Waals surface area contributed by atoms with E-state index < -0.39 is 0 Å². The van der Waals surface area contributed by atoms with E-state index in [9.17, 15) is 0 Å². The number of benzene rings is 1. The summed E-state index contributed by atoms with van der Waals surface area (Å²) in [6, 6.07) is 7.34. The summed E-state index contributed by atoms with van der Waals surface area (Å²) in [7, 11) is 0. The van der Waals surface area contributed by atoms with Crippen LogP contribution >= 0.6 is 11.8 Å². The molecule has 0 aromatic heterocycles. The Morgan fingerprint density at radius 2 is 2.31 bits per heavy atom. The van der Waals surface area contributed by atoms with Crippen LogP contribution in [0.1, 0.15) is 24.1 Å². The molecule has 1 aromatic carbocycles. The van der Waals surface area contributed by atoms with E-state index in [1.54, 1.807) is 0 Å². The number of rotatable bonds is 1. The highest BCUT2D eigenvalue weighted by molar-refractivity contribution is 7.98. The molecular weight excluding hydrogens is 178 g/mol. The molecule has 2 heteroatoms. The summed E-state index contributed by atoms with van der Waals surface area (Å²) in [5, 5.41) is 3.47. The first-order valence-corrected chi connectivity index (χ1v) is 5.94. The van der Waals surface area contributed by atoms with Crippen LogP contribution in [0, 0.1) is 0 Å². The Bertz CT molecular complexity index is 309. The number of hydrogen-bond donors (Lipinski definition) is 1. The standard InChI is InChI=1S/C11H15NS/c1-8-11-4-3-10(13-2)7-9(11)5-6-12-8/h3-4,7-8,12H,5-6H2,1-2H3/t8-/m1/s1. The van der Waals surface area contributed by atoms with Gasteiger partial charge in [0, 0.05) is 10.9 Å². The molecule has 0 saturated heterocycles. The van der Waals surface area contributed by atoms with Gasteiger partial charge in [-0.05, 0) is 49.4 Å². The van der Waals surface area contributed by atoms with Gasteiger partial charge in [-0.25, -0.2) is 0 Å². The highest BCUT2D eigenvalue weighted by atomic mass is 32.2. The normalized spacial score (nSPS) is 21.2. The zero-order valence-electron chi connectivity index (χ0n) is 8.13. The van der Waals surface area contributed by atoms with Crippen LogP contribution in [-0.4, -0.2) is 12.8 Å². The maximum atomic E-state index is 3.47. The van der Waals surface area contributed by atoms with E-state index in [0.717, 1.165) is 6.54 Å². The Balaban J connectivity index is 2.39. The molecule has 1 atom stereocenters. The monoisotopic (exact) mass is 193 g/mol. The second kappa shape index (κ2) is 3.72.